The first-order valence-electron chi connectivity index (χ1n) is 8.21. The fraction of sp³-hybridized carbons (Fsp3) is 0.368. The van der Waals surface area contributed by atoms with Gasteiger partial charge in [0, 0.05) is 46.9 Å². The highest BCUT2D eigenvalue weighted by molar-refractivity contribution is 7.11. The fourth-order valence-electron chi connectivity index (χ4n) is 3.12. The molecule has 2 heterocycles. The van der Waals surface area contributed by atoms with E-state index in [-0.39, 0.29) is 17.9 Å². The maximum atomic E-state index is 12.5. The van der Waals surface area contributed by atoms with Crippen LogP contribution in [-0.4, -0.2) is 24.4 Å². The van der Waals surface area contributed by atoms with Crippen molar-refractivity contribution in [2.24, 2.45) is 0 Å². The van der Waals surface area contributed by atoms with Gasteiger partial charge >= 0.3 is 0 Å². The average Bonchev–Trinajstić information content (AvgIpc) is 3.12. The van der Waals surface area contributed by atoms with Gasteiger partial charge < -0.3 is 10.2 Å². The van der Waals surface area contributed by atoms with Gasteiger partial charge in [-0.1, -0.05) is 0 Å². The summed E-state index contributed by atoms with van der Waals surface area (Å²) < 4.78 is 0. The largest absolute Gasteiger partial charge is 0.349 e. The molecule has 0 spiro atoms. The van der Waals surface area contributed by atoms with Crippen molar-refractivity contribution >= 4 is 28.8 Å². The van der Waals surface area contributed by atoms with Crippen molar-refractivity contribution in [2.45, 2.75) is 39.7 Å². The number of hydrogen-bond donors (Lipinski definition) is 1. The number of hydrogen-bond acceptors (Lipinski definition) is 3. The third-order valence-electron chi connectivity index (χ3n) is 4.30. The van der Waals surface area contributed by atoms with Crippen molar-refractivity contribution in [1.82, 2.24) is 5.32 Å². The van der Waals surface area contributed by atoms with Crippen LogP contribution in [0.5, 0.6) is 0 Å². The molecule has 2 amide bonds. The number of nitrogens with one attached hydrogen (secondary N) is 1. The third kappa shape index (κ3) is 3.51. The van der Waals surface area contributed by atoms with Gasteiger partial charge in [0.1, 0.15) is 0 Å². The van der Waals surface area contributed by atoms with Crippen LogP contribution in [-0.2, 0) is 17.6 Å². The Labute approximate surface area is 146 Å². The molecule has 0 unspecified atom stereocenters. The number of fused-ring (bicyclic) bond motifs is 1. The van der Waals surface area contributed by atoms with Crippen LogP contribution < -0.4 is 10.2 Å². The van der Waals surface area contributed by atoms with Gasteiger partial charge in [-0.15, -0.1) is 11.3 Å². The molecule has 3 rings (SSSR count). The average molecular weight is 342 g/mol. The van der Waals surface area contributed by atoms with Crippen molar-refractivity contribution < 1.29 is 9.59 Å². The monoisotopic (exact) mass is 342 g/mol. The molecule has 0 aliphatic carbocycles. The molecule has 1 aliphatic heterocycles. The Morgan fingerprint density at radius 1 is 1.29 bits per heavy atom. The van der Waals surface area contributed by atoms with Crippen LogP contribution in [0.25, 0.3) is 0 Å². The zero-order valence-electron chi connectivity index (χ0n) is 14.3. The van der Waals surface area contributed by atoms with Crippen LogP contribution in [0.4, 0.5) is 5.69 Å². The summed E-state index contributed by atoms with van der Waals surface area (Å²) in [7, 11) is 0. The Morgan fingerprint density at radius 3 is 2.75 bits per heavy atom. The lowest BCUT2D eigenvalue weighted by Gasteiger charge is -2.16. The predicted molar refractivity (Wildman–Crippen MR) is 97.9 cm³/mol. The van der Waals surface area contributed by atoms with Crippen LogP contribution in [0.15, 0.2) is 30.3 Å². The Bertz CT molecular complexity index is 781. The van der Waals surface area contributed by atoms with Crippen molar-refractivity contribution in [2.75, 3.05) is 11.4 Å². The summed E-state index contributed by atoms with van der Waals surface area (Å²) >= 11 is 1.77. The molecule has 1 N–H and O–H groups in total. The van der Waals surface area contributed by atoms with E-state index in [0.29, 0.717) is 12.1 Å². The number of benzene rings is 1. The number of rotatable bonds is 4. The standard InChI is InChI=1S/C19H22N2O2S/c1-12(10-17-6-4-13(2)24-17)20-19(23)16-5-7-18-15(11-16)8-9-21(18)14(3)22/h4-7,11-12H,8-10H2,1-3H3,(H,20,23)/t12-/m0/s1. The number of anilines is 1. The van der Waals surface area contributed by atoms with Crippen LogP contribution >= 0.6 is 11.3 Å². The van der Waals surface area contributed by atoms with E-state index in [1.165, 1.54) is 9.75 Å². The molecule has 0 saturated carbocycles. The summed E-state index contributed by atoms with van der Waals surface area (Å²) in [6.07, 6.45) is 1.65. The van der Waals surface area contributed by atoms with E-state index in [9.17, 15) is 9.59 Å². The van der Waals surface area contributed by atoms with Crippen LogP contribution in [0, 0.1) is 6.92 Å². The molecule has 0 saturated heterocycles. The first-order chi connectivity index (χ1) is 11.4. The summed E-state index contributed by atoms with van der Waals surface area (Å²) in [5.41, 5.74) is 2.66. The molecule has 1 aliphatic rings. The minimum Gasteiger partial charge on any atom is -0.349 e. The molecule has 1 aromatic carbocycles. The molecule has 24 heavy (non-hydrogen) atoms. The Hall–Kier alpha value is -2.14. The van der Waals surface area contributed by atoms with E-state index in [1.54, 1.807) is 29.2 Å². The second-order valence-corrected chi connectivity index (χ2v) is 7.73. The quantitative estimate of drug-likeness (QED) is 0.926. The van der Waals surface area contributed by atoms with Crippen LogP contribution in [0.2, 0.25) is 0 Å². The number of carbonyl (C=O) groups excluding carboxylic acids is 2. The third-order valence-corrected chi connectivity index (χ3v) is 5.32. The van der Waals surface area contributed by atoms with Gasteiger partial charge in [-0.2, -0.15) is 0 Å². The molecule has 126 valence electrons. The van der Waals surface area contributed by atoms with E-state index in [0.717, 1.165) is 24.1 Å². The van der Waals surface area contributed by atoms with Gasteiger partial charge in [0.2, 0.25) is 5.91 Å². The van der Waals surface area contributed by atoms with Crippen molar-refractivity contribution in [3.05, 3.63) is 51.2 Å². The van der Waals surface area contributed by atoms with Gasteiger partial charge in [0.15, 0.2) is 0 Å². The molecule has 4 nitrogen and oxygen atoms in total. The Balaban J connectivity index is 1.66. The SMILES string of the molecule is CC(=O)N1CCc2cc(C(=O)N[C@@H](C)Cc3ccc(C)s3)ccc21. The molecule has 5 heteroatoms. The van der Waals surface area contributed by atoms with Gasteiger partial charge in [-0.25, -0.2) is 0 Å². The van der Waals surface area contributed by atoms with Gasteiger partial charge in [-0.3, -0.25) is 9.59 Å². The van der Waals surface area contributed by atoms with Gasteiger partial charge in [0.25, 0.3) is 5.91 Å². The van der Waals surface area contributed by atoms with E-state index in [1.807, 2.05) is 19.1 Å². The molecule has 1 atom stereocenters. The lowest BCUT2D eigenvalue weighted by molar-refractivity contribution is -0.116. The van der Waals surface area contributed by atoms with E-state index in [4.69, 9.17) is 0 Å². The second kappa shape index (κ2) is 6.77. The number of amides is 2. The van der Waals surface area contributed by atoms with E-state index < -0.39 is 0 Å². The van der Waals surface area contributed by atoms with Crippen LogP contribution in [0.3, 0.4) is 0 Å². The summed E-state index contributed by atoms with van der Waals surface area (Å²) in [6.45, 7) is 6.39. The maximum absolute atomic E-state index is 12.5. The summed E-state index contributed by atoms with van der Waals surface area (Å²) in [6, 6.07) is 9.90. The highest BCUT2D eigenvalue weighted by atomic mass is 32.1. The molecule has 2 aromatic rings. The number of thiophene rings is 1. The minimum absolute atomic E-state index is 0.0471. The van der Waals surface area contributed by atoms with Crippen molar-refractivity contribution in [3.63, 3.8) is 0 Å². The highest BCUT2D eigenvalue weighted by Crippen LogP contribution is 2.29. The van der Waals surface area contributed by atoms with Gasteiger partial charge in [0.05, 0.1) is 0 Å². The normalized spacial score (nSPS) is 14.4. The number of nitrogens with zero attached hydrogens (tertiary/aromatic N) is 1. The van der Waals surface area contributed by atoms with E-state index >= 15 is 0 Å². The summed E-state index contributed by atoms with van der Waals surface area (Å²) in [5, 5.41) is 3.07. The molecular weight excluding hydrogens is 320 g/mol. The Morgan fingerprint density at radius 2 is 2.08 bits per heavy atom. The number of aryl methyl sites for hydroxylation is 1. The molecule has 0 bridgehead atoms. The Kier molecular flexibility index (Phi) is 4.71. The second-order valence-electron chi connectivity index (χ2n) is 6.36. The zero-order chi connectivity index (χ0) is 17.3. The topological polar surface area (TPSA) is 49.4 Å². The molecule has 0 fully saturated rings. The smallest absolute Gasteiger partial charge is 0.251 e. The first-order valence-corrected chi connectivity index (χ1v) is 9.03. The summed E-state index contributed by atoms with van der Waals surface area (Å²) in [4.78, 5) is 28.4. The van der Waals surface area contributed by atoms with E-state index in [2.05, 4.69) is 24.4 Å². The first kappa shape index (κ1) is 16.7. The highest BCUT2D eigenvalue weighted by Gasteiger charge is 2.23. The van der Waals surface area contributed by atoms with Crippen LogP contribution in [0.1, 0.15) is 39.5 Å². The maximum Gasteiger partial charge on any atom is 0.251 e. The number of carbonyl (C=O) groups is 2. The predicted octanol–water partition coefficient (Wildman–Crippen LogP) is 3.33. The molecule has 0 radical (unpaired) electrons. The fourth-order valence-corrected chi connectivity index (χ4v) is 4.14. The van der Waals surface area contributed by atoms with Gasteiger partial charge in [-0.05, 0) is 56.2 Å². The minimum atomic E-state index is -0.0557. The zero-order valence-corrected chi connectivity index (χ0v) is 15.1. The molecule has 1 aromatic heterocycles. The van der Waals surface area contributed by atoms with Crippen molar-refractivity contribution in [3.8, 4) is 0 Å². The lowest BCUT2D eigenvalue weighted by atomic mass is 10.1. The lowest BCUT2D eigenvalue weighted by Crippen LogP contribution is -2.34. The summed E-state index contributed by atoms with van der Waals surface area (Å²) in [5.74, 6) is -0.00864. The molecular formula is C19H22N2O2S. The van der Waals surface area contributed by atoms with Crippen molar-refractivity contribution in [1.29, 1.82) is 0 Å².